The van der Waals surface area contributed by atoms with Crippen molar-refractivity contribution in [3.63, 3.8) is 0 Å². The molecule has 20 heavy (non-hydrogen) atoms. The van der Waals surface area contributed by atoms with E-state index in [0.29, 0.717) is 6.54 Å². The maximum atomic E-state index is 11.5. The van der Waals surface area contributed by atoms with Crippen molar-refractivity contribution in [2.75, 3.05) is 6.54 Å². The molecule has 0 fully saturated rings. The van der Waals surface area contributed by atoms with Gasteiger partial charge < -0.3 is 15.7 Å². The molecule has 0 aliphatic carbocycles. The Morgan fingerprint density at radius 3 is 2.45 bits per heavy atom. The van der Waals surface area contributed by atoms with Gasteiger partial charge in [0.25, 0.3) is 0 Å². The molecule has 0 saturated carbocycles. The molecule has 3 N–H and O–H groups in total. The van der Waals surface area contributed by atoms with Crippen LogP contribution in [0.4, 0.5) is 0 Å². The molecule has 1 atom stereocenters. The van der Waals surface area contributed by atoms with Gasteiger partial charge in [-0.2, -0.15) is 0 Å². The summed E-state index contributed by atoms with van der Waals surface area (Å²) in [5, 5.41) is 18.5. The lowest BCUT2D eigenvalue weighted by Crippen LogP contribution is -2.40. The molecule has 2 heterocycles. The summed E-state index contributed by atoms with van der Waals surface area (Å²) in [5.41, 5.74) is 0. The fourth-order valence-corrected chi connectivity index (χ4v) is 2.87. The topological polar surface area (TPSA) is 78.4 Å². The van der Waals surface area contributed by atoms with E-state index in [2.05, 4.69) is 10.6 Å². The molecule has 0 spiro atoms. The van der Waals surface area contributed by atoms with Crippen LogP contribution in [0.2, 0.25) is 0 Å². The third-order valence-electron chi connectivity index (χ3n) is 2.54. The number of hydrogen-bond acceptors (Lipinski definition) is 5. The van der Waals surface area contributed by atoms with Gasteiger partial charge in [-0.25, -0.2) is 0 Å². The number of rotatable bonds is 5. The normalized spacial score (nSPS) is 11.8. The predicted octanol–water partition coefficient (Wildman–Crippen LogP) is 1.28. The maximum absolute atomic E-state index is 11.5. The van der Waals surface area contributed by atoms with Gasteiger partial charge in [0.15, 0.2) is 0 Å². The van der Waals surface area contributed by atoms with Crippen LogP contribution >= 0.6 is 22.7 Å². The Bertz CT molecular complexity index is 552. The average Bonchev–Trinajstić information content (AvgIpc) is 3.13. The van der Waals surface area contributed by atoms with Crippen molar-refractivity contribution in [1.29, 1.82) is 0 Å². The van der Waals surface area contributed by atoms with Crippen LogP contribution in [-0.4, -0.2) is 23.5 Å². The molecule has 2 aromatic rings. The van der Waals surface area contributed by atoms with Crippen LogP contribution in [0, 0.1) is 0 Å². The molecule has 0 aliphatic heterocycles. The summed E-state index contributed by atoms with van der Waals surface area (Å²) in [6.45, 7) is 0.350. The van der Waals surface area contributed by atoms with Crippen molar-refractivity contribution in [2.24, 2.45) is 0 Å². The summed E-state index contributed by atoms with van der Waals surface area (Å²) >= 11 is 2.91. The molecule has 0 radical (unpaired) electrons. The molecule has 2 amide bonds. The highest BCUT2D eigenvalue weighted by molar-refractivity contribution is 7.10. The third kappa shape index (κ3) is 4.16. The lowest BCUT2D eigenvalue weighted by atomic mass is 10.3. The Morgan fingerprint density at radius 2 is 1.80 bits per heavy atom. The van der Waals surface area contributed by atoms with E-state index in [9.17, 15) is 14.7 Å². The fraction of sp³-hybridized carbons (Fsp3) is 0.231. The van der Waals surface area contributed by atoms with Crippen LogP contribution in [-0.2, 0) is 16.1 Å². The first-order chi connectivity index (χ1) is 9.66. The first-order valence-corrected chi connectivity index (χ1v) is 7.72. The number of amides is 2. The van der Waals surface area contributed by atoms with Crippen molar-refractivity contribution in [3.8, 4) is 0 Å². The first kappa shape index (κ1) is 14.7. The third-order valence-corrected chi connectivity index (χ3v) is 4.39. The summed E-state index contributed by atoms with van der Waals surface area (Å²) in [7, 11) is 0. The number of aliphatic hydroxyl groups excluding tert-OH is 1. The van der Waals surface area contributed by atoms with Gasteiger partial charge in [0, 0.05) is 16.3 Å². The number of carbonyl (C=O) groups excluding carboxylic acids is 2. The molecule has 0 aromatic carbocycles. The quantitative estimate of drug-likeness (QED) is 0.728. The number of hydrogen-bond donors (Lipinski definition) is 3. The molecule has 1 unspecified atom stereocenters. The minimum absolute atomic E-state index is 0.0196. The Balaban J connectivity index is 1.72. The van der Waals surface area contributed by atoms with Gasteiger partial charge in [-0.3, -0.25) is 9.59 Å². The second-order valence-electron chi connectivity index (χ2n) is 4.00. The van der Waals surface area contributed by atoms with Crippen molar-refractivity contribution in [1.82, 2.24) is 10.6 Å². The van der Waals surface area contributed by atoms with E-state index in [1.807, 2.05) is 29.0 Å². The molecule has 2 aromatic heterocycles. The number of nitrogens with one attached hydrogen (secondary N) is 2. The van der Waals surface area contributed by atoms with Gasteiger partial charge in [-0.05, 0) is 22.9 Å². The highest BCUT2D eigenvalue weighted by atomic mass is 32.1. The van der Waals surface area contributed by atoms with Crippen molar-refractivity contribution in [3.05, 3.63) is 44.8 Å². The van der Waals surface area contributed by atoms with Gasteiger partial charge in [0.05, 0.1) is 6.54 Å². The molecular weight excluding hydrogens is 296 g/mol. The van der Waals surface area contributed by atoms with Crippen LogP contribution in [0.15, 0.2) is 35.0 Å². The minimum atomic E-state index is -0.788. The van der Waals surface area contributed by atoms with Crippen LogP contribution in [0.5, 0.6) is 0 Å². The van der Waals surface area contributed by atoms with E-state index in [-0.39, 0.29) is 6.54 Å². The lowest BCUT2D eigenvalue weighted by molar-refractivity contribution is -0.139. The Labute approximate surface area is 124 Å². The summed E-state index contributed by atoms with van der Waals surface area (Å²) in [4.78, 5) is 24.8. The highest BCUT2D eigenvalue weighted by Gasteiger charge is 2.15. The monoisotopic (exact) mass is 310 g/mol. The Hall–Kier alpha value is -1.70. The Morgan fingerprint density at radius 1 is 1.10 bits per heavy atom. The molecular formula is C13H14N2O3S2. The van der Waals surface area contributed by atoms with Crippen molar-refractivity contribution >= 4 is 34.5 Å². The molecule has 7 heteroatoms. The summed E-state index contributed by atoms with van der Waals surface area (Å²) < 4.78 is 0. The predicted molar refractivity (Wildman–Crippen MR) is 78.5 cm³/mol. The van der Waals surface area contributed by atoms with Crippen molar-refractivity contribution in [2.45, 2.75) is 12.6 Å². The van der Waals surface area contributed by atoms with Gasteiger partial charge in [0.2, 0.25) is 0 Å². The van der Waals surface area contributed by atoms with E-state index in [0.717, 1.165) is 9.75 Å². The highest BCUT2D eigenvalue weighted by Crippen LogP contribution is 2.17. The second-order valence-corrected chi connectivity index (χ2v) is 6.01. The SMILES string of the molecule is O=C(NCc1cccs1)C(=O)NCC(O)c1cccs1. The zero-order valence-corrected chi connectivity index (χ0v) is 12.2. The van der Waals surface area contributed by atoms with Gasteiger partial charge in [-0.1, -0.05) is 12.1 Å². The largest absolute Gasteiger partial charge is 0.386 e. The smallest absolute Gasteiger partial charge is 0.309 e. The van der Waals surface area contributed by atoms with E-state index in [4.69, 9.17) is 0 Å². The molecule has 5 nitrogen and oxygen atoms in total. The molecule has 0 aliphatic rings. The Kier molecular flexibility index (Phi) is 5.28. The first-order valence-electron chi connectivity index (χ1n) is 5.96. The number of thiophene rings is 2. The molecule has 0 bridgehead atoms. The second kappa shape index (κ2) is 7.18. The zero-order chi connectivity index (χ0) is 14.4. The van der Waals surface area contributed by atoms with E-state index in [1.165, 1.54) is 22.7 Å². The van der Waals surface area contributed by atoms with Crippen LogP contribution < -0.4 is 10.6 Å². The van der Waals surface area contributed by atoms with E-state index >= 15 is 0 Å². The van der Waals surface area contributed by atoms with Crippen molar-refractivity contribution < 1.29 is 14.7 Å². The van der Waals surface area contributed by atoms with Gasteiger partial charge >= 0.3 is 11.8 Å². The summed E-state index contributed by atoms with van der Waals surface area (Å²) in [6.07, 6.45) is -0.788. The lowest BCUT2D eigenvalue weighted by Gasteiger charge is -2.10. The van der Waals surface area contributed by atoms with Gasteiger partial charge in [0.1, 0.15) is 6.10 Å². The fourth-order valence-electron chi connectivity index (χ4n) is 1.51. The number of carbonyl (C=O) groups is 2. The molecule has 106 valence electrons. The zero-order valence-electron chi connectivity index (χ0n) is 10.5. The summed E-state index contributed by atoms with van der Waals surface area (Å²) in [5.74, 6) is -1.44. The van der Waals surface area contributed by atoms with Crippen LogP contribution in [0.3, 0.4) is 0 Å². The van der Waals surface area contributed by atoms with Crippen LogP contribution in [0.1, 0.15) is 15.9 Å². The molecule has 0 saturated heterocycles. The maximum Gasteiger partial charge on any atom is 0.309 e. The van der Waals surface area contributed by atoms with E-state index in [1.54, 1.807) is 6.07 Å². The van der Waals surface area contributed by atoms with E-state index < -0.39 is 17.9 Å². The minimum Gasteiger partial charge on any atom is -0.386 e. The van der Waals surface area contributed by atoms with Gasteiger partial charge in [-0.15, -0.1) is 22.7 Å². The standard InChI is InChI=1S/C13H14N2O3S2/c16-10(11-4-2-6-20-11)8-15-13(18)12(17)14-7-9-3-1-5-19-9/h1-6,10,16H,7-8H2,(H,14,17)(H,15,18). The summed E-state index contributed by atoms with van der Waals surface area (Å²) in [6, 6.07) is 7.35. The molecule has 2 rings (SSSR count). The average molecular weight is 310 g/mol. The number of aliphatic hydroxyl groups is 1. The van der Waals surface area contributed by atoms with Crippen LogP contribution in [0.25, 0.3) is 0 Å².